The minimum atomic E-state index is -3.78. The molecule has 0 aliphatic heterocycles. The zero-order valence-corrected chi connectivity index (χ0v) is 13.0. The van der Waals surface area contributed by atoms with Gasteiger partial charge in [0, 0.05) is 0 Å². The van der Waals surface area contributed by atoms with Gasteiger partial charge in [0.15, 0.2) is 0 Å². The Morgan fingerprint density at radius 3 is 2.29 bits per heavy atom. The molecule has 0 N–H and O–H groups in total. The molecule has 0 radical (unpaired) electrons. The van der Waals surface area contributed by atoms with Crippen molar-refractivity contribution >= 4 is 10.1 Å². The van der Waals surface area contributed by atoms with Crippen molar-refractivity contribution in [2.75, 3.05) is 7.11 Å². The van der Waals surface area contributed by atoms with Gasteiger partial charge in [-0.25, -0.2) is 0 Å². The first-order valence-electron chi connectivity index (χ1n) is 6.39. The van der Waals surface area contributed by atoms with Crippen molar-refractivity contribution < 1.29 is 17.3 Å². The number of benzene rings is 1. The van der Waals surface area contributed by atoms with Crippen LogP contribution in [0.3, 0.4) is 0 Å². The Bertz CT molecular complexity index is 724. The second kappa shape index (κ2) is 6.24. The Kier molecular flexibility index (Phi) is 4.59. The largest absolute Gasteiger partial charge is 0.495 e. The molecule has 2 rings (SSSR count). The van der Waals surface area contributed by atoms with E-state index >= 15 is 0 Å². The summed E-state index contributed by atoms with van der Waals surface area (Å²) in [6.45, 7) is 3.57. The van der Waals surface area contributed by atoms with E-state index in [1.165, 1.54) is 12.1 Å². The Morgan fingerprint density at radius 2 is 1.71 bits per heavy atom. The minimum absolute atomic E-state index is 0.110. The maximum absolute atomic E-state index is 12.1. The van der Waals surface area contributed by atoms with E-state index in [1.807, 2.05) is 6.92 Å². The molecular weight excluding hydrogens is 290 g/mol. The molecule has 112 valence electrons. The van der Waals surface area contributed by atoms with Gasteiger partial charge in [0.2, 0.25) is 0 Å². The van der Waals surface area contributed by atoms with Gasteiger partial charge in [-0.15, -0.1) is 0 Å². The van der Waals surface area contributed by atoms with Gasteiger partial charge in [0.05, 0.1) is 23.4 Å². The van der Waals surface area contributed by atoms with Crippen molar-refractivity contribution in [3.05, 3.63) is 53.3 Å². The van der Waals surface area contributed by atoms with Crippen molar-refractivity contribution in [1.82, 2.24) is 4.98 Å². The zero-order valence-electron chi connectivity index (χ0n) is 12.2. The predicted octanol–water partition coefficient (Wildman–Crippen LogP) is 2.61. The van der Waals surface area contributed by atoms with Crippen LogP contribution in [-0.4, -0.2) is 20.5 Å². The lowest BCUT2D eigenvalue weighted by molar-refractivity contribution is 0.302. The summed E-state index contributed by atoms with van der Waals surface area (Å²) in [6.07, 6.45) is 0. The summed E-state index contributed by atoms with van der Waals surface area (Å²) in [4.78, 5) is 4.38. The molecule has 0 amide bonds. The highest BCUT2D eigenvalue weighted by molar-refractivity contribution is 7.86. The number of aryl methyl sites for hydroxylation is 2. The van der Waals surface area contributed by atoms with Crippen molar-refractivity contribution in [2.45, 2.75) is 25.3 Å². The minimum Gasteiger partial charge on any atom is -0.495 e. The summed E-state index contributed by atoms with van der Waals surface area (Å²) in [5.41, 5.74) is 2.21. The smallest absolute Gasteiger partial charge is 0.297 e. The monoisotopic (exact) mass is 307 g/mol. The molecule has 0 saturated carbocycles. The van der Waals surface area contributed by atoms with E-state index in [-0.39, 0.29) is 11.5 Å². The van der Waals surface area contributed by atoms with E-state index in [9.17, 15) is 8.42 Å². The Labute approximate surface area is 124 Å². The Balaban J connectivity index is 2.11. The second-order valence-electron chi connectivity index (χ2n) is 4.62. The van der Waals surface area contributed by atoms with Crippen molar-refractivity contribution in [3.63, 3.8) is 0 Å². The lowest BCUT2D eigenvalue weighted by Gasteiger charge is -2.08. The molecule has 2 aromatic rings. The molecule has 0 fully saturated rings. The molecule has 1 heterocycles. The van der Waals surface area contributed by atoms with Crippen molar-refractivity contribution in [3.8, 4) is 5.75 Å². The van der Waals surface area contributed by atoms with Crippen LogP contribution in [0.5, 0.6) is 5.75 Å². The first-order valence-corrected chi connectivity index (χ1v) is 7.80. The fraction of sp³-hybridized carbons (Fsp3) is 0.267. The van der Waals surface area contributed by atoms with Crippen LogP contribution < -0.4 is 4.74 Å². The van der Waals surface area contributed by atoms with Crippen LogP contribution in [0.15, 0.2) is 41.3 Å². The molecule has 0 aliphatic rings. The number of rotatable bonds is 5. The molecule has 6 heteroatoms. The third-order valence-corrected chi connectivity index (χ3v) is 4.26. The summed E-state index contributed by atoms with van der Waals surface area (Å²) in [6, 6.07) is 9.92. The molecule has 0 saturated heterocycles. The SMILES string of the molecule is COc1ccc(COS(=O)(=O)c2ccc(C)cc2)nc1C. The number of ether oxygens (including phenoxy) is 1. The van der Waals surface area contributed by atoms with Crippen LogP contribution in [0.2, 0.25) is 0 Å². The molecule has 1 aromatic carbocycles. The third-order valence-electron chi connectivity index (χ3n) is 2.99. The molecular formula is C15H17NO4S. The van der Waals surface area contributed by atoms with E-state index in [0.717, 1.165) is 5.56 Å². The van der Waals surface area contributed by atoms with Gasteiger partial charge >= 0.3 is 0 Å². The number of hydrogen-bond acceptors (Lipinski definition) is 5. The lowest BCUT2D eigenvalue weighted by atomic mass is 10.2. The van der Waals surface area contributed by atoms with Gasteiger partial charge in [-0.3, -0.25) is 9.17 Å². The number of nitrogens with zero attached hydrogens (tertiary/aromatic N) is 1. The van der Waals surface area contributed by atoms with Gasteiger partial charge in [-0.2, -0.15) is 8.42 Å². The summed E-state index contributed by atoms with van der Waals surface area (Å²) in [7, 11) is -2.22. The first kappa shape index (κ1) is 15.5. The summed E-state index contributed by atoms with van der Waals surface area (Å²) in [5, 5.41) is 0. The van der Waals surface area contributed by atoms with E-state index in [2.05, 4.69) is 4.98 Å². The molecule has 1 aromatic heterocycles. The summed E-state index contributed by atoms with van der Waals surface area (Å²) >= 11 is 0. The van der Waals surface area contributed by atoms with Gasteiger partial charge in [0.25, 0.3) is 10.1 Å². The highest BCUT2D eigenvalue weighted by Crippen LogP contribution is 2.18. The topological polar surface area (TPSA) is 65.5 Å². The van der Waals surface area contributed by atoms with Crippen molar-refractivity contribution in [2.24, 2.45) is 0 Å². The van der Waals surface area contributed by atoms with E-state index in [1.54, 1.807) is 38.3 Å². The number of aromatic nitrogens is 1. The molecule has 0 atom stereocenters. The van der Waals surface area contributed by atoms with E-state index in [0.29, 0.717) is 17.1 Å². The van der Waals surface area contributed by atoms with E-state index < -0.39 is 10.1 Å². The average molecular weight is 307 g/mol. The normalized spacial score (nSPS) is 11.4. The van der Waals surface area contributed by atoms with Gasteiger partial charge in [-0.05, 0) is 38.1 Å². The Hall–Kier alpha value is -1.92. The highest BCUT2D eigenvalue weighted by atomic mass is 32.2. The second-order valence-corrected chi connectivity index (χ2v) is 6.23. The van der Waals surface area contributed by atoms with Crippen LogP contribution in [0.4, 0.5) is 0 Å². The van der Waals surface area contributed by atoms with Crippen LogP contribution in [0.25, 0.3) is 0 Å². The number of methoxy groups -OCH3 is 1. The molecule has 5 nitrogen and oxygen atoms in total. The molecule has 0 bridgehead atoms. The summed E-state index contributed by atoms with van der Waals surface area (Å²) in [5.74, 6) is 0.653. The fourth-order valence-corrected chi connectivity index (χ4v) is 2.69. The molecule has 0 unspecified atom stereocenters. The van der Waals surface area contributed by atoms with Crippen LogP contribution >= 0.6 is 0 Å². The Morgan fingerprint density at radius 1 is 1.05 bits per heavy atom. The standard InChI is InChI=1S/C15H17NO4S/c1-11-4-7-14(8-5-11)21(17,18)20-10-13-6-9-15(19-3)12(2)16-13/h4-9H,10H2,1-3H3. The maximum atomic E-state index is 12.1. The van der Waals surface area contributed by atoms with Crippen LogP contribution in [-0.2, 0) is 20.9 Å². The third kappa shape index (κ3) is 3.80. The highest BCUT2D eigenvalue weighted by Gasteiger charge is 2.15. The number of pyridine rings is 1. The summed E-state index contributed by atoms with van der Waals surface area (Å²) < 4.78 is 34.2. The quantitative estimate of drug-likeness (QED) is 0.794. The van der Waals surface area contributed by atoms with Gasteiger partial charge < -0.3 is 4.74 Å². The van der Waals surface area contributed by atoms with Crippen LogP contribution in [0, 0.1) is 13.8 Å². The maximum Gasteiger partial charge on any atom is 0.297 e. The number of hydrogen-bond donors (Lipinski definition) is 0. The predicted molar refractivity (Wildman–Crippen MR) is 78.7 cm³/mol. The van der Waals surface area contributed by atoms with Gasteiger partial charge in [-0.1, -0.05) is 17.7 Å². The zero-order chi connectivity index (χ0) is 15.5. The van der Waals surface area contributed by atoms with Gasteiger partial charge in [0.1, 0.15) is 12.4 Å². The van der Waals surface area contributed by atoms with E-state index in [4.69, 9.17) is 8.92 Å². The first-order chi connectivity index (χ1) is 9.92. The van der Waals surface area contributed by atoms with Crippen LogP contribution in [0.1, 0.15) is 17.0 Å². The fourth-order valence-electron chi connectivity index (χ4n) is 1.81. The molecule has 21 heavy (non-hydrogen) atoms. The molecule has 0 aliphatic carbocycles. The molecule has 0 spiro atoms. The average Bonchev–Trinajstić information content (AvgIpc) is 2.46. The lowest BCUT2D eigenvalue weighted by Crippen LogP contribution is -2.08. The van der Waals surface area contributed by atoms with Crippen molar-refractivity contribution in [1.29, 1.82) is 0 Å².